The van der Waals surface area contributed by atoms with Crippen molar-refractivity contribution in [3.63, 3.8) is 0 Å². The Hall–Kier alpha value is -2.44. The van der Waals surface area contributed by atoms with Crippen LogP contribution < -0.4 is 20.3 Å². The van der Waals surface area contributed by atoms with E-state index < -0.39 is 11.8 Å². The molecule has 3 rings (SSSR count). The Morgan fingerprint density at radius 3 is 2.30 bits per heavy atom. The van der Waals surface area contributed by atoms with E-state index in [-0.39, 0.29) is 22.4 Å². The van der Waals surface area contributed by atoms with Crippen molar-refractivity contribution in [2.75, 3.05) is 6.79 Å². The van der Waals surface area contributed by atoms with Gasteiger partial charge in [-0.05, 0) is 30.3 Å². The Morgan fingerprint density at radius 1 is 0.913 bits per heavy atom. The highest BCUT2D eigenvalue weighted by molar-refractivity contribution is 6.39. The smallest absolute Gasteiger partial charge is 0.272 e. The SMILES string of the molecule is O=C(NNC(=O)c1c(Cl)cccc1Cl)c1ccc2c(c1)OCO2. The van der Waals surface area contributed by atoms with E-state index in [9.17, 15) is 9.59 Å². The van der Waals surface area contributed by atoms with Crippen LogP contribution >= 0.6 is 23.2 Å². The van der Waals surface area contributed by atoms with Gasteiger partial charge < -0.3 is 9.47 Å². The third kappa shape index (κ3) is 3.18. The van der Waals surface area contributed by atoms with Gasteiger partial charge in [0.15, 0.2) is 11.5 Å². The van der Waals surface area contributed by atoms with Crippen LogP contribution in [0.2, 0.25) is 10.0 Å². The quantitative estimate of drug-likeness (QED) is 0.814. The lowest BCUT2D eigenvalue weighted by Gasteiger charge is -2.10. The summed E-state index contributed by atoms with van der Waals surface area (Å²) in [7, 11) is 0. The molecule has 23 heavy (non-hydrogen) atoms. The van der Waals surface area contributed by atoms with Crippen LogP contribution in [0, 0.1) is 0 Å². The summed E-state index contributed by atoms with van der Waals surface area (Å²) >= 11 is 11.9. The van der Waals surface area contributed by atoms with Gasteiger partial charge in [0.05, 0.1) is 15.6 Å². The van der Waals surface area contributed by atoms with Crippen LogP contribution in [-0.2, 0) is 0 Å². The lowest BCUT2D eigenvalue weighted by atomic mass is 10.2. The van der Waals surface area contributed by atoms with Crippen molar-refractivity contribution < 1.29 is 19.1 Å². The molecule has 6 nitrogen and oxygen atoms in total. The zero-order chi connectivity index (χ0) is 16.4. The number of carbonyl (C=O) groups is 2. The summed E-state index contributed by atoms with van der Waals surface area (Å²) in [6.07, 6.45) is 0. The minimum absolute atomic E-state index is 0.0850. The summed E-state index contributed by atoms with van der Waals surface area (Å²) in [5, 5.41) is 0.375. The highest BCUT2D eigenvalue weighted by Gasteiger charge is 2.18. The molecule has 0 unspecified atom stereocenters. The van der Waals surface area contributed by atoms with Gasteiger partial charge in [0, 0.05) is 5.56 Å². The number of fused-ring (bicyclic) bond motifs is 1. The number of rotatable bonds is 2. The lowest BCUT2D eigenvalue weighted by Crippen LogP contribution is -2.41. The van der Waals surface area contributed by atoms with Gasteiger partial charge in [-0.1, -0.05) is 29.3 Å². The van der Waals surface area contributed by atoms with E-state index in [1.54, 1.807) is 18.2 Å². The van der Waals surface area contributed by atoms with E-state index in [2.05, 4.69) is 10.9 Å². The average molecular weight is 353 g/mol. The van der Waals surface area contributed by atoms with E-state index in [1.807, 2.05) is 0 Å². The Kier molecular flexibility index (Phi) is 4.27. The maximum absolute atomic E-state index is 12.1. The molecule has 1 aliphatic heterocycles. The second-order valence-electron chi connectivity index (χ2n) is 4.57. The Balaban J connectivity index is 1.68. The second kappa shape index (κ2) is 6.36. The molecule has 2 aromatic rings. The van der Waals surface area contributed by atoms with Crippen LogP contribution in [0.3, 0.4) is 0 Å². The van der Waals surface area contributed by atoms with Crippen LogP contribution in [0.15, 0.2) is 36.4 Å². The van der Waals surface area contributed by atoms with Crippen molar-refractivity contribution in [3.8, 4) is 11.5 Å². The van der Waals surface area contributed by atoms with Crippen molar-refractivity contribution >= 4 is 35.0 Å². The van der Waals surface area contributed by atoms with Crippen molar-refractivity contribution in [2.45, 2.75) is 0 Å². The first-order valence-electron chi connectivity index (χ1n) is 6.50. The molecule has 2 amide bonds. The van der Waals surface area contributed by atoms with Gasteiger partial charge in [-0.25, -0.2) is 0 Å². The highest BCUT2D eigenvalue weighted by Crippen LogP contribution is 2.32. The normalized spacial score (nSPS) is 11.9. The van der Waals surface area contributed by atoms with Crippen LogP contribution in [0.4, 0.5) is 0 Å². The molecule has 0 saturated heterocycles. The summed E-state index contributed by atoms with van der Waals surface area (Å²) in [5.41, 5.74) is 4.95. The predicted octanol–water partition coefficient (Wildman–Crippen LogP) is 2.80. The molecule has 0 bridgehead atoms. The Labute approximate surface area is 141 Å². The maximum atomic E-state index is 12.1. The first-order valence-corrected chi connectivity index (χ1v) is 7.26. The Bertz CT molecular complexity index is 775. The van der Waals surface area contributed by atoms with E-state index in [0.717, 1.165) is 0 Å². The minimum Gasteiger partial charge on any atom is -0.454 e. The number of carbonyl (C=O) groups excluding carboxylic acids is 2. The number of halogens is 2. The molecule has 2 aromatic carbocycles. The van der Waals surface area contributed by atoms with Gasteiger partial charge in [0.25, 0.3) is 11.8 Å². The standard InChI is InChI=1S/C15H10Cl2N2O4/c16-9-2-1-3-10(17)13(9)15(21)19-18-14(20)8-4-5-11-12(6-8)23-7-22-11/h1-6H,7H2,(H,18,20)(H,19,21). The number of nitrogens with one attached hydrogen (secondary N) is 2. The third-order valence-electron chi connectivity index (χ3n) is 3.11. The molecule has 0 aliphatic carbocycles. The summed E-state index contributed by atoms with van der Waals surface area (Å²) in [6, 6.07) is 9.37. The van der Waals surface area contributed by atoms with Gasteiger partial charge in [-0.2, -0.15) is 0 Å². The summed E-state index contributed by atoms with van der Waals surface area (Å²) in [6.45, 7) is 0.113. The summed E-state index contributed by atoms with van der Waals surface area (Å²) in [4.78, 5) is 24.1. The number of hydrazine groups is 1. The summed E-state index contributed by atoms with van der Waals surface area (Å²) < 4.78 is 10.4. The molecular weight excluding hydrogens is 343 g/mol. The fraction of sp³-hybridized carbons (Fsp3) is 0.0667. The van der Waals surface area contributed by atoms with Crippen LogP contribution in [0.1, 0.15) is 20.7 Å². The fourth-order valence-corrected chi connectivity index (χ4v) is 2.57. The molecule has 0 atom stereocenters. The average Bonchev–Trinajstić information content (AvgIpc) is 3.00. The third-order valence-corrected chi connectivity index (χ3v) is 3.74. The lowest BCUT2D eigenvalue weighted by molar-refractivity contribution is 0.0846. The monoisotopic (exact) mass is 352 g/mol. The number of hydrogen-bond acceptors (Lipinski definition) is 4. The van der Waals surface area contributed by atoms with Crippen molar-refractivity contribution in [1.29, 1.82) is 0 Å². The molecule has 1 heterocycles. The number of amides is 2. The second-order valence-corrected chi connectivity index (χ2v) is 5.39. The topological polar surface area (TPSA) is 76.7 Å². The van der Waals surface area contributed by atoms with Gasteiger partial charge in [-0.15, -0.1) is 0 Å². The van der Waals surface area contributed by atoms with Crippen LogP contribution in [-0.4, -0.2) is 18.6 Å². The number of hydrogen-bond donors (Lipinski definition) is 2. The summed E-state index contributed by atoms with van der Waals surface area (Å²) in [5.74, 6) is -0.0962. The van der Waals surface area contributed by atoms with Gasteiger partial charge >= 0.3 is 0 Å². The Morgan fingerprint density at radius 2 is 1.57 bits per heavy atom. The molecule has 0 fully saturated rings. The number of benzene rings is 2. The molecule has 1 aliphatic rings. The van der Waals surface area contributed by atoms with E-state index in [1.165, 1.54) is 18.2 Å². The van der Waals surface area contributed by atoms with E-state index in [0.29, 0.717) is 17.1 Å². The molecule has 118 valence electrons. The molecule has 0 spiro atoms. The van der Waals surface area contributed by atoms with Gasteiger partial charge in [-0.3, -0.25) is 20.4 Å². The molecule has 0 aromatic heterocycles. The van der Waals surface area contributed by atoms with Crippen molar-refractivity contribution in [1.82, 2.24) is 10.9 Å². The van der Waals surface area contributed by atoms with Crippen LogP contribution in [0.5, 0.6) is 11.5 Å². The van der Waals surface area contributed by atoms with Gasteiger partial charge in [0.1, 0.15) is 0 Å². The largest absolute Gasteiger partial charge is 0.454 e. The first-order chi connectivity index (χ1) is 11.1. The maximum Gasteiger partial charge on any atom is 0.272 e. The minimum atomic E-state index is -0.616. The first kappa shape index (κ1) is 15.5. The van der Waals surface area contributed by atoms with Crippen molar-refractivity contribution in [2.24, 2.45) is 0 Å². The highest BCUT2D eigenvalue weighted by atomic mass is 35.5. The van der Waals surface area contributed by atoms with Crippen LogP contribution in [0.25, 0.3) is 0 Å². The van der Waals surface area contributed by atoms with E-state index >= 15 is 0 Å². The molecular formula is C15H10Cl2N2O4. The molecule has 8 heteroatoms. The van der Waals surface area contributed by atoms with Crippen molar-refractivity contribution in [3.05, 3.63) is 57.6 Å². The molecule has 0 saturated carbocycles. The number of ether oxygens (including phenoxy) is 2. The fourth-order valence-electron chi connectivity index (χ4n) is 2.00. The zero-order valence-corrected chi connectivity index (χ0v) is 13.1. The molecule has 0 radical (unpaired) electrons. The van der Waals surface area contributed by atoms with E-state index in [4.69, 9.17) is 32.7 Å². The van der Waals surface area contributed by atoms with Gasteiger partial charge in [0.2, 0.25) is 6.79 Å². The predicted molar refractivity (Wildman–Crippen MR) is 84.0 cm³/mol. The molecule has 2 N–H and O–H groups in total. The zero-order valence-electron chi connectivity index (χ0n) is 11.6.